The van der Waals surface area contributed by atoms with Gasteiger partial charge in [-0.1, -0.05) is 11.6 Å². The van der Waals surface area contributed by atoms with Gasteiger partial charge in [0.2, 0.25) is 5.91 Å². The Morgan fingerprint density at radius 3 is 2.69 bits per heavy atom. The van der Waals surface area contributed by atoms with E-state index in [2.05, 4.69) is 26.6 Å². The number of aryl methyl sites for hydroxylation is 1. The molecule has 0 heterocycles. The zero-order chi connectivity index (χ0) is 12.3. The number of halogens is 2. The Hall–Kier alpha value is -0.740. The minimum Gasteiger partial charge on any atom is -0.373 e. The van der Waals surface area contributed by atoms with Crippen molar-refractivity contribution in [1.82, 2.24) is 5.32 Å². The van der Waals surface area contributed by atoms with Crippen molar-refractivity contribution in [2.75, 3.05) is 12.4 Å². The number of hydrogen-bond acceptors (Lipinski definition) is 2. The van der Waals surface area contributed by atoms with Gasteiger partial charge in [0.15, 0.2) is 0 Å². The molecule has 5 heteroatoms. The van der Waals surface area contributed by atoms with E-state index >= 15 is 0 Å². The Labute approximate surface area is 109 Å². The van der Waals surface area contributed by atoms with Crippen LogP contribution < -0.4 is 10.6 Å². The van der Waals surface area contributed by atoms with Crippen molar-refractivity contribution in [3.8, 4) is 0 Å². The molecule has 0 aliphatic heterocycles. The van der Waals surface area contributed by atoms with Gasteiger partial charge in [0.05, 0.1) is 5.69 Å². The highest BCUT2D eigenvalue weighted by Gasteiger charge is 2.12. The van der Waals surface area contributed by atoms with Crippen LogP contribution in [-0.2, 0) is 4.79 Å². The molecule has 2 N–H and O–H groups in total. The third kappa shape index (κ3) is 3.12. The average Bonchev–Trinajstić information content (AvgIpc) is 2.24. The summed E-state index contributed by atoms with van der Waals surface area (Å²) in [4.78, 5) is 11.4. The topological polar surface area (TPSA) is 41.1 Å². The molecule has 88 valence electrons. The molecule has 0 radical (unpaired) electrons. The first-order chi connectivity index (χ1) is 7.45. The van der Waals surface area contributed by atoms with Crippen molar-refractivity contribution in [2.45, 2.75) is 19.9 Å². The van der Waals surface area contributed by atoms with Gasteiger partial charge in [0.1, 0.15) is 6.04 Å². The Balaban J connectivity index is 2.89. The van der Waals surface area contributed by atoms with Crippen LogP contribution in [0.15, 0.2) is 16.6 Å². The zero-order valence-electron chi connectivity index (χ0n) is 9.40. The summed E-state index contributed by atoms with van der Waals surface area (Å²) >= 11 is 9.45. The van der Waals surface area contributed by atoms with E-state index in [-0.39, 0.29) is 11.9 Å². The predicted octanol–water partition coefficient (Wildman–Crippen LogP) is 2.96. The van der Waals surface area contributed by atoms with Gasteiger partial charge in [0.25, 0.3) is 0 Å². The Morgan fingerprint density at radius 1 is 1.50 bits per heavy atom. The first kappa shape index (κ1) is 13.3. The highest BCUT2D eigenvalue weighted by Crippen LogP contribution is 2.29. The normalized spacial score (nSPS) is 12.1. The molecule has 1 aromatic rings. The smallest absolute Gasteiger partial charge is 0.241 e. The van der Waals surface area contributed by atoms with Gasteiger partial charge in [-0.05, 0) is 47.5 Å². The fraction of sp³-hybridized carbons (Fsp3) is 0.364. The second kappa shape index (κ2) is 5.55. The van der Waals surface area contributed by atoms with E-state index in [0.29, 0.717) is 5.02 Å². The lowest BCUT2D eigenvalue weighted by Gasteiger charge is -2.15. The first-order valence-corrected chi connectivity index (χ1v) is 6.06. The molecule has 3 nitrogen and oxygen atoms in total. The summed E-state index contributed by atoms with van der Waals surface area (Å²) in [5, 5.41) is 6.34. The van der Waals surface area contributed by atoms with E-state index in [0.717, 1.165) is 15.7 Å². The quantitative estimate of drug-likeness (QED) is 0.901. The summed E-state index contributed by atoms with van der Waals surface area (Å²) in [6, 6.07) is 3.42. The molecule has 0 aliphatic carbocycles. The van der Waals surface area contributed by atoms with Crippen LogP contribution >= 0.6 is 27.5 Å². The molecule has 1 aromatic carbocycles. The van der Waals surface area contributed by atoms with Crippen molar-refractivity contribution >= 4 is 39.1 Å². The van der Waals surface area contributed by atoms with Crippen LogP contribution in [0, 0.1) is 6.92 Å². The maximum absolute atomic E-state index is 11.4. The number of anilines is 1. The predicted molar refractivity (Wildman–Crippen MR) is 71.0 cm³/mol. The summed E-state index contributed by atoms with van der Waals surface area (Å²) in [7, 11) is 1.61. The molecule has 0 bridgehead atoms. The fourth-order valence-corrected chi connectivity index (χ4v) is 2.01. The average molecular weight is 306 g/mol. The van der Waals surface area contributed by atoms with Crippen LogP contribution in [0.5, 0.6) is 0 Å². The van der Waals surface area contributed by atoms with E-state index < -0.39 is 0 Å². The molecule has 1 rings (SSSR count). The third-order valence-electron chi connectivity index (χ3n) is 2.26. The van der Waals surface area contributed by atoms with Gasteiger partial charge >= 0.3 is 0 Å². The van der Waals surface area contributed by atoms with Crippen LogP contribution in [0.25, 0.3) is 0 Å². The Bertz CT molecular complexity index is 409. The number of carbonyl (C=O) groups excluding carboxylic acids is 1. The Morgan fingerprint density at radius 2 is 2.12 bits per heavy atom. The van der Waals surface area contributed by atoms with Gasteiger partial charge in [-0.15, -0.1) is 0 Å². The molecular weight excluding hydrogens is 291 g/mol. The zero-order valence-corrected chi connectivity index (χ0v) is 11.7. The van der Waals surface area contributed by atoms with Crippen LogP contribution in [0.3, 0.4) is 0 Å². The van der Waals surface area contributed by atoms with Crippen molar-refractivity contribution in [2.24, 2.45) is 0 Å². The minimum atomic E-state index is -0.305. The van der Waals surface area contributed by atoms with Crippen LogP contribution in [-0.4, -0.2) is 19.0 Å². The van der Waals surface area contributed by atoms with Gasteiger partial charge in [-0.3, -0.25) is 4.79 Å². The lowest BCUT2D eigenvalue weighted by Crippen LogP contribution is -2.35. The summed E-state index contributed by atoms with van der Waals surface area (Å²) in [6.45, 7) is 3.72. The molecule has 0 aliphatic rings. The summed E-state index contributed by atoms with van der Waals surface area (Å²) < 4.78 is 0.894. The molecular formula is C11H14BrClN2O. The highest BCUT2D eigenvalue weighted by molar-refractivity contribution is 9.10. The molecule has 1 amide bonds. The number of rotatable bonds is 3. The highest BCUT2D eigenvalue weighted by atomic mass is 79.9. The van der Waals surface area contributed by atoms with E-state index in [1.807, 2.05) is 13.0 Å². The van der Waals surface area contributed by atoms with Crippen LogP contribution in [0.2, 0.25) is 5.02 Å². The van der Waals surface area contributed by atoms with E-state index in [1.54, 1.807) is 20.0 Å². The number of carbonyl (C=O) groups is 1. The van der Waals surface area contributed by atoms with E-state index in [1.165, 1.54) is 0 Å². The third-order valence-corrected chi connectivity index (χ3v) is 3.32. The maximum Gasteiger partial charge on any atom is 0.241 e. The number of benzene rings is 1. The molecule has 0 aromatic heterocycles. The van der Waals surface area contributed by atoms with E-state index in [4.69, 9.17) is 11.6 Å². The van der Waals surface area contributed by atoms with Gasteiger partial charge < -0.3 is 10.6 Å². The molecule has 0 saturated heterocycles. The molecule has 1 atom stereocenters. The maximum atomic E-state index is 11.4. The molecule has 16 heavy (non-hydrogen) atoms. The second-order valence-corrected chi connectivity index (χ2v) is 4.82. The summed E-state index contributed by atoms with van der Waals surface area (Å²) in [5.74, 6) is -0.0661. The number of hydrogen-bond donors (Lipinski definition) is 2. The number of nitrogens with one attached hydrogen (secondary N) is 2. The van der Waals surface area contributed by atoms with E-state index in [9.17, 15) is 4.79 Å². The number of likely N-dealkylation sites (N-methyl/N-ethyl adjacent to an activating group) is 1. The molecule has 0 fully saturated rings. The minimum absolute atomic E-state index is 0.0661. The molecule has 0 saturated carbocycles. The summed E-state index contributed by atoms with van der Waals surface area (Å²) in [6.07, 6.45) is 0. The lowest BCUT2D eigenvalue weighted by molar-refractivity contribution is -0.121. The molecule has 0 spiro atoms. The van der Waals surface area contributed by atoms with Crippen LogP contribution in [0.1, 0.15) is 12.5 Å². The summed E-state index contributed by atoms with van der Waals surface area (Å²) in [5.41, 5.74) is 1.80. The van der Waals surface area contributed by atoms with Crippen molar-refractivity contribution in [1.29, 1.82) is 0 Å². The van der Waals surface area contributed by atoms with Gasteiger partial charge in [-0.2, -0.15) is 0 Å². The monoisotopic (exact) mass is 304 g/mol. The largest absolute Gasteiger partial charge is 0.373 e. The first-order valence-electron chi connectivity index (χ1n) is 4.89. The van der Waals surface area contributed by atoms with Crippen molar-refractivity contribution in [3.05, 3.63) is 27.2 Å². The van der Waals surface area contributed by atoms with Crippen LogP contribution in [0.4, 0.5) is 5.69 Å². The molecule has 1 unspecified atom stereocenters. The van der Waals surface area contributed by atoms with Crippen molar-refractivity contribution < 1.29 is 4.79 Å². The van der Waals surface area contributed by atoms with Crippen molar-refractivity contribution in [3.63, 3.8) is 0 Å². The second-order valence-electron chi connectivity index (χ2n) is 3.56. The fourth-order valence-electron chi connectivity index (χ4n) is 1.27. The van der Waals surface area contributed by atoms with Gasteiger partial charge in [0, 0.05) is 16.5 Å². The SMILES string of the molecule is CNC(=O)C(C)Nc1cc(Cl)c(C)cc1Br. The van der Waals surface area contributed by atoms with Gasteiger partial charge in [-0.25, -0.2) is 0 Å². The number of amides is 1. The Kier molecular flexibility index (Phi) is 4.62. The standard InChI is InChI=1S/C11H14BrClN2O/c1-6-4-8(12)10(5-9(6)13)15-7(2)11(16)14-3/h4-5,7,15H,1-3H3,(H,14,16). The lowest BCUT2D eigenvalue weighted by atomic mass is 10.2.